The van der Waals surface area contributed by atoms with Crippen LogP contribution < -0.4 is 5.73 Å². The highest BCUT2D eigenvalue weighted by Gasteiger charge is 2.60. The molecule has 0 spiro atoms. The van der Waals surface area contributed by atoms with E-state index in [1.165, 1.54) is 6.92 Å². The summed E-state index contributed by atoms with van der Waals surface area (Å²) in [6, 6.07) is -0.581. The summed E-state index contributed by atoms with van der Waals surface area (Å²) in [6.07, 6.45) is -2.47. The normalized spacial score (nSPS) is 43.0. The van der Waals surface area contributed by atoms with Gasteiger partial charge in [0.1, 0.15) is 18.1 Å². The largest absolute Gasteiger partial charge is 0.458 e. The van der Waals surface area contributed by atoms with Gasteiger partial charge in [0.05, 0.1) is 18.1 Å². The highest BCUT2D eigenvalue weighted by molar-refractivity contribution is 6.00. The number of carbonyl (C=O) groups excluding carboxylic acids is 4. The molecule has 3 N–H and O–H groups in total. The van der Waals surface area contributed by atoms with Crippen LogP contribution in [0.4, 0.5) is 0 Å². The molecule has 3 aliphatic heterocycles. The molecule has 0 aromatic carbocycles. The molecule has 3 aliphatic rings. The molecular formula is C34H56N2O9. The molecule has 11 nitrogen and oxygen atoms in total. The summed E-state index contributed by atoms with van der Waals surface area (Å²) in [7, 11) is 3.76. The van der Waals surface area contributed by atoms with E-state index in [4.69, 9.17) is 24.7 Å². The Balaban J connectivity index is 2.06. The molecule has 3 heterocycles. The molecule has 256 valence electrons. The molecule has 0 aliphatic carbocycles. The fraction of sp³-hybridized carbons (Fsp3) is 0.824. The van der Waals surface area contributed by atoms with Crippen molar-refractivity contribution in [2.75, 3.05) is 14.1 Å². The van der Waals surface area contributed by atoms with Crippen LogP contribution in [0.1, 0.15) is 81.1 Å². The molecule has 45 heavy (non-hydrogen) atoms. The van der Waals surface area contributed by atoms with Gasteiger partial charge < -0.3 is 34.7 Å². The molecule has 14 atom stereocenters. The van der Waals surface area contributed by atoms with Gasteiger partial charge in [0.25, 0.3) is 0 Å². The fourth-order valence-corrected chi connectivity index (χ4v) is 7.72. The van der Waals surface area contributed by atoms with Crippen molar-refractivity contribution >= 4 is 23.5 Å². The van der Waals surface area contributed by atoms with Crippen LogP contribution in [0, 0.1) is 35.5 Å². The van der Waals surface area contributed by atoms with Crippen molar-refractivity contribution in [3.8, 4) is 0 Å². The second-order valence-corrected chi connectivity index (χ2v) is 14.3. The van der Waals surface area contributed by atoms with Gasteiger partial charge in [-0.05, 0) is 79.0 Å². The van der Waals surface area contributed by atoms with Crippen LogP contribution in [0.2, 0.25) is 0 Å². The smallest absolute Gasteiger partial charge is 0.316 e. The fourth-order valence-electron chi connectivity index (χ4n) is 7.72. The quantitative estimate of drug-likeness (QED) is 0.251. The van der Waals surface area contributed by atoms with E-state index >= 15 is 0 Å². The van der Waals surface area contributed by atoms with Crippen LogP contribution in [0.5, 0.6) is 0 Å². The molecule has 3 rings (SSSR count). The van der Waals surface area contributed by atoms with Gasteiger partial charge in [0.15, 0.2) is 23.5 Å². The first kappa shape index (κ1) is 37.3. The minimum absolute atomic E-state index is 0.204. The lowest BCUT2D eigenvalue weighted by atomic mass is 9.69. The summed E-state index contributed by atoms with van der Waals surface area (Å²) in [6.45, 7) is 18.2. The number of nitrogens with two attached hydrogens (primary N) is 1. The number of fused-ring (bicyclic) bond motifs is 1. The zero-order valence-electron chi connectivity index (χ0n) is 28.8. The number of aliphatic hydroxyl groups excluding tert-OH is 1. The molecule has 3 saturated heterocycles. The lowest BCUT2D eigenvalue weighted by molar-refractivity contribution is -0.278. The number of carbonyl (C=O) groups is 4. The van der Waals surface area contributed by atoms with Crippen molar-refractivity contribution in [1.82, 2.24) is 4.90 Å². The first-order valence-corrected chi connectivity index (χ1v) is 16.5. The van der Waals surface area contributed by atoms with Gasteiger partial charge in [-0.2, -0.15) is 0 Å². The highest BCUT2D eigenvalue weighted by atomic mass is 16.7. The molecular weight excluding hydrogens is 580 g/mol. The summed E-state index contributed by atoms with van der Waals surface area (Å²) in [5.41, 5.74) is 4.96. The van der Waals surface area contributed by atoms with Crippen molar-refractivity contribution < 1.29 is 43.2 Å². The monoisotopic (exact) mass is 636 g/mol. The summed E-state index contributed by atoms with van der Waals surface area (Å²) in [5.74, 6) is -6.32. The Hall–Kier alpha value is -2.18. The Labute approximate surface area is 268 Å². The van der Waals surface area contributed by atoms with E-state index in [9.17, 15) is 24.3 Å². The summed E-state index contributed by atoms with van der Waals surface area (Å²) in [4.78, 5) is 56.7. The third-order valence-electron chi connectivity index (χ3n) is 10.3. The van der Waals surface area contributed by atoms with Crippen molar-refractivity contribution in [3.05, 3.63) is 12.2 Å². The van der Waals surface area contributed by atoms with Crippen LogP contribution in [-0.4, -0.2) is 96.0 Å². The van der Waals surface area contributed by atoms with Crippen molar-refractivity contribution in [2.45, 2.75) is 129 Å². The number of nitrogens with zero attached hydrogens (tertiary/aromatic N) is 1. The number of cyclic esters (lactones) is 1. The van der Waals surface area contributed by atoms with Gasteiger partial charge in [-0.25, -0.2) is 0 Å². The van der Waals surface area contributed by atoms with Gasteiger partial charge in [0.2, 0.25) is 0 Å². The lowest BCUT2D eigenvalue weighted by Crippen LogP contribution is -2.56. The number of esters is 2. The molecule has 0 saturated carbocycles. The third kappa shape index (κ3) is 7.70. The summed E-state index contributed by atoms with van der Waals surface area (Å²) in [5, 5.41) is 11.2. The van der Waals surface area contributed by atoms with Gasteiger partial charge in [-0.1, -0.05) is 34.3 Å². The van der Waals surface area contributed by atoms with Gasteiger partial charge >= 0.3 is 11.9 Å². The molecule has 0 aromatic heterocycles. The summed E-state index contributed by atoms with van der Waals surface area (Å²) >= 11 is 0. The minimum atomic E-state index is -1.38. The van der Waals surface area contributed by atoms with E-state index in [2.05, 4.69) is 6.58 Å². The van der Waals surface area contributed by atoms with Gasteiger partial charge in [-0.15, -0.1) is 0 Å². The van der Waals surface area contributed by atoms with E-state index in [0.29, 0.717) is 12.8 Å². The first-order chi connectivity index (χ1) is 20.8. The highest BCUT2D eigenvalue weighted by Crippen LogP contribution is 2.48. The minimum Gasteiger partial charge on any atom is -0.458 e. The van der Waals surface area contributed by atoms with E-state index in [1.54, 1.807) is 34.6 Å². The van der Waals surface area contributed by atoms with E-state index < -0.39 is 77.5 Å². The average molecular weight is 637 g/mol. The van der Waals surface area contributed by atoms with Crippen LogP contribution in [-0.2, 0) is 38.1 Å². The second kappa shape index (κ2) is 14.7. The molecule has 6 unspecified atom stereocenters. The second-order valence-electron chi connectivity index (χ2n) is 14.3. The van der Waals surface area contributed by atoms with Crippen molar-refractivity contribution in [3.63, 3.8) is 0 Å². The Morgan fingerprint density at radius 3 is 2.27 bits per heavy atom. The number of ether oxygens (including phenoxy) is 4. The maximum absolute atomic E-state index is 14.1. The van der Waals surface area contributed by atoms with Crippen LogP contribution in [0.15, 0.2) is 12.2 Å². The van der Waals surface area contributed by atoms with E-state index in [1.807, 2.05) is 32.8 Å². The van der Waals surface area contributed by atoms with Gasteiger partial charge in [0, 0.05) is 29.8 Å². The number of hydrogen-bond donors (Lipinski definition) is 2. The van der Waals surface area contributed by atoms with E-state index in [0.717, 1.165) is 0 Å². The number of ketones is 2. The molecule has 0 aromatic rings. The van der Waals surface area contributed by atoms with Crippen LogP contribution >= 0.6 is 0 Å². The zero-order valence-corrected chi connectivity index (χ0v) is 28.8. The van der Waals surface area contributed by atoms with Crippen LogP contribution in [0.25, 0.3) is 0 Å². The topological polar surface area (TPSA) is 155 Å². The predicted octanol–water partition coefficient (Wildman–Crippen LogP) is 3.05. The standard InChI is InChI=1S/C34H56N2O9/c1-12-25-34(9)26(23(14-18(4)35)32(41)45-34)20(6)27(37)16(2)13-17(3)30(21(7)28(38)22(8)31(40)43-25)44-33-29(39)24(36(10)11)15-19(5)42-33/h16-19,21-26,29-30,33,39H,6,12-15,35H2,1-5,7-11H3/t16-,17-,18?,19?,21+,22?,23?,24?,25-,26?,29-,30+,33+,34-/m1/s1. The Kier molecular flexibility index (Phi) is 12.2. The Bertz CT molecular complexity index is 1120. The van der Waals surface area contributed by atoms with Gasteiger partial charge in [-0.3, -0.25) is 19.2 Å². The predicted molar refractivity (Wildman–Crippen MR) is 168 cm³/mol. The van der Waals surface area contributed by atoms with Crippen molar-refractivity contribution in [2.24, 2.45) is 41.2 Å². The summed E-state index contributed by atoms with van der Waals surface area (Å²) < 4.78 is 24.4. The molecule has 0 radical (unpaired) electrons. The molecule has 3 fully saturated rings. The number of likely N-dealkylation sites (N-methyl/N-ethyl adjacent to an activating group) is 1. The number of hydrogen-bond acceptors (Lipinski definition) is 11. The van der Waals surface area contributed by atoms with Crippen LogP contribution in [0.3, 0.4) is 0 Å². The molecule has 11 heteroatoms. The maximum Gasteiger partial charge on any atom is 0.316 e. The maximum atomic E-state index is 14.1. The Morgan fingerprint density at radius 2 is 1.71 bits per heavy atom. The lowest BCUT2D eigenvalue weighted by Gasteiger charge is -2.44. The molecule has 0 amide bonds. The average Bonchev–Trinajstić information content (AvgIpc) is 3.21. The Morgan fingerprint density at radius 1 is 1.09 bits per heavy atom. The van der Waals surface area contributed by atoms with E-state index in [-0.39, 0.29) is 48.3 Å². The number of aliphatic hydroxyl groups is 1. The SMILES string of the molecule is C=C1C(=O)[C@H](C)C[C@@H](C)[C@H](O[C@@H]2OC(C)CC(N(C)C)[C@H]2O)[C@@H](C)C(=O)C(C)C(=O)O[C@H](CC)[C@@]2(C)OC(=O)C(CC(C)N)C12. The number of Topliss-reactive ketones (excluding diaryl/α,β-unsaturated/α-hetero) is 2. The molecule has 0 bridgehead atoms. The third-order valence-corrected chi connectivity index (χ3v) is 10.3. The first-order valence-electron chi connectivity index (χ1n) is 16.5. The zero-order chi connectivity index (χ0) is 34.1. The number of rotatable bonds is 6. The van der Waals surface area contributed by atoms with Crippen molar-refractivity contribution in [1.29, 1.82) is 0 Å².